The fraction of sp³-hybridized carbons (Fsp3) is 0.368. The molecular formula is C19H18ClN3O2. The van der Waals surface area contributed by atoms with Crippen LogP contribution < -0.4 is 0 Å². The summed E-state index contributed by atoms with van der Waals surface area (Å²) in [4.78, 5) is 14.4. The van der Waals surface area contributed by atoms with Crippen LogP contribution in [0.4, 0.5) is 0 Å². The van der Waals surface area contributed by atoms with Crippen molar-refractivity contribution in [1.82, 2.24) is 15.1 Å². The number of fused-ring (bicyclic) bond motifs is 2. The molecule has 1 saturated heterocycles. The van der Waals surface area contributed by atoms with Crippen molar-refractivity contribution >= 4 is 28.4 Å². The van der Waals surface area contributed by atoms with Gasteiger partial charge in [0.1, 0.15) is 5.60 Å². The molecule has 0 atom stereocenters. The van der Waals surface area contributed by atoms with Gasteiger partial charge in [-0.05, 0) is 48.3 Å². The summed E-state index contributed by atoms with van der Waals surface area (Å²) in [7, 11) is 0. The van der Waals surface area contributed by atoms with Crippen molar-refractivity contribution in [2.24, 2.45) is 5.92 Å². The molecular weight excluding hydrogens is 338 g/mol. The Labute approximate surface area is 150 Å². The monoisotopic (exact) mass is 355 g/mol. The Morgan fingerprint density at radius 2 is 2.00 bits per heavy atom. The molecule has 5 nitrogen and oxygen atoms in total. The number of rotatable bonds is 2. The van der Waals surface area contributed by atoms with Crippen LogP contribution in [0.3, 0.4) is 0 Å². The van der Waals surface area contributed by atoms with Crippen LogP contribution in [-0.2, 0) is 10.4 Å². The normalized spacial score (nSPS) is 21.9. The van der Waals surface area contributed by atoms with E-state index in [9.17, 15) is 9.90 Å². The van der Waals surface area contributed by atoms with Crippen molar-refractivity contribution in [3.63, 3.8) is 0 Å². The molecule has 0 unspecified atom stereocenters. The molecule has 2 fully saturated rings. The van der Waals surface area contributed by atoms with E-state index < -0.39 is 5.60 Å². The molecule has 25 heavy (non-hydrogen) atoms. The topological polar surface area (TPSA) is 69.2 Å². The van der Waals surface area contributed by atoms with E-state index in [1.54, 1.807) is 18.3 Å². The third-order valence-electron chi connectivity index (χ3n) is 5.64. The van der Waals surface area contributed by atoms with E-state index in [-0.39, 0.29) is 11.8 Å². The largest absolute Gasteiger partial charge is 0.377 e. The summed E-state index contributed by atoms with van der Waals surface area (Å²) in [5.41, 5.74) is 2.38. The number of hydrogen-bond donors (Lipinski definition) is 2. The summed E-state index contributed by atoms with van der Waals surface area (Å²) in [5.74, 6) is 0.461. The number of amides is 1. The molecule has 128 valence electrons. The van der Waals surface area contributed by atoms with Gasteiger partial charge in [0, 0.05) is 35.0 Å². The van der Waals surface area contributed by atoms with E-state index in [1.165, 1.54) is 0 Å². The number of nitrogens with zero attached hydrogens (tertiary/aromatic N) is 2. The van der Waals surface area contributed by atoms with Crippen molar-refractivity contribution in [2.75, 3.05) is 13.1 Å². The van der Waals surface area contributed by atoms with Gasteiger partial charge in [0.05, 0.1) is 11.7 Å². The second-order valence-corrected chi connectivity index (χ2v) is 7.71. The number of hydrogen-bond acceptors (Lipinski definition) is 3. The van der Waals surface area contributed by atoms with Crippen LogP contribution in [0.25, 0.3) is 10.9 Å². The second kappa shape index (κ2) is 5.19. The highest BCUT2D eigenvalue weighted by molar-refractivity contribution is 6.31. The minimum atomic E-state index is -1.21. The van der Waals surface area contributed by atoms with Gasteiger partial charge < -0.3 is 10.0 Å². The lowest BCUT2D eigenvalue weighted by molar-refractivity contribution is -0.136. The first-order valence-corrected chi connectivity index (χ1v) is 8.99. The zero-order chi connectivity index (χ0) is 17.2. The van der Waals surface area contributed by atoms with Crippen molar-refractivity contribution in [1.29, 1.82) is 0 Å². The molecule has 1 aliphatic heterocycles. The first-order valence-electron chi connectivity index (χ1n) is 8.61. The van der Waals surface area contributed by atoms with E-state index in [1.807, 2.05) is 17.1 Å². The van der Waals surface area contributed by atoms with Crippen molar-refractivity contribution < 1.29 is 9.90 Å². The minimum absolute atomic E-state index is 0.206. The summed E-state index contributed by atoms with van der Waals surface area (Å²) in [5, 5.41) is 19.6. The lowest BCUT2D eigenvalue weighted by Crippen LogP contribution is -2.37. The average Bonchev–Trinajstić information content (AvgIpc) is 3.17. The average molecular weight is 356 g/mol. The van der Waals surface area contributed by atoms with Gasteiger partial charge in [-0.3, -0.25) is 9.89 Å². The Bertz CT molecular complexity index is 933. The number of aromatic nitrogens is 2. The Morgan fingerprint density at radius 1 is 1.28 bits per heavy atom. The van der Waals surface area contributed by atoms with Crippen molar-refractivity contribution in [3.8, 4) is 0 Å². The number of nitrogens with one attached hydrogen (secondary N) is 1. The Balaban J connectivity index is 1.48. The molecule has 2 heterocycles. The zero-order valence-electron chi connectivity index (χ0n) is 13.6. The maximum atomic E-state index is 12.5. The number of likely N-dealkylation sites (tertiary alicyclic amines) is 1. The van der Waals surface area contributed by atoms with Crippen LogP contribution in [0.2, 0.25) is 5.02 Å². The van der Waals surface area contributed by atoms with Crippen LogP contribution in [0, 0.1) is 5.92 Å². The summed E-state index contributed by atoms with van der Waals surface area (Å²) in [6.07, 6.45) is 8.60. The van der Waals surface area contributed by atoms with Crippen LogP contribution in [0.15, 0.2) is 41.6 Å². The van der Waals surface area contributed by atoms with Crippen molar-refractivity contribution in [2.45, 2.75) is 24.9 Å². The molecule has 1 amide bonds. The molecule has 1 saturated carbocycles. The molecule has 6 heteroatoms. The van der Waals surface area contributed by atoms with Crippen LogP contribution in [0.1, 0.15) is 24.8 Å². The molecule has 2 N–H and O–H groups in total. The van der Waals surface area contributed by atoms with Crippen LogP contribution in [-0.4, -0.2) is 39.2 Å². The highest BCUT2D eigenvalue weighted by Crippen LogP contribution is 2.42. The van der Waals surface area contributed by atoms with Gasteiger partial charge in [-0.1, -0.05) is 18.0 Å². The van der Waals surface area contributed by atoms with Gasteiger partial charge in [-0.2, -0.15) is 5.10 Å². The van der Waals surface area contributed by atoms with Crippen LogP contribution >= 0.6 is 11.6 Å². The third kappa shape index (κ3) is 2.26. The van der Waals surface area contributed by atoms with E-state index >= 15 is 0 Å². The molecule has 2 aromatic rings. The van der Waals surface area contributed by atoms with Gasteiger partial charge in [0.2, 0.25) is 5.91 Å². The quantitative estimate of drug-likeness (QED) is 0.870. The molecule has 2 aliphatic carbocycles. The number of carbonyl (C=O) groups is 1. The fourth-order valence-corrected chi connectivity index (χ4v) is 4.31. The van der Waals surface area contributed by atoms with Gasteiger partial charge in [0.15, 0.2) is 0 Å². The highest BCUT2D eigenvalue weighted by atomic mass is 35.5. The highest BCUT2D eigenvalue weighted by Gasteiger charge is 2.40. The number of aliphatic hydroxyl groups is 1. The number of H-pyrrole nitrogens is 1. The number of halogens is 1. The van der Waals surface area contributed by atoms with Gasteiger partial charge in [-0.25, -0.2) is 0 Å². The Morgan fingerprint density at radius 3 is 2.64 bits per heavy atom. The van der Waals surface area contributed by atoms with Gasteiger partial charge in [0.25, 0.3) is 0 Å². The summed E-state index contributed by atoms with van der Waals surface area (Å²) in [6, 6.07) is 3.58. The first-order chi connectivity index (χ1) is 12.0. The predicted molar refractivity (Wildman–Crippen MR) is 95.1 cm³/mol. The molecule has 1 aromatic carbocycles. The van der Waals surface area contributed by atoms with E-state index in [0.717, 1.165) is 46.9 Å². The minimum Gasteiger partial charge on any atom is -0.377 e. The second-order valence-electron chi connectivity index (χ2n) is 7.27. The lowest BCUT2D eigenvalue weighted by atomic mass is 9.84. The van der Waals surface area contributed by atoms with Gasteiger partial charge in [-0.15, -0.1) is 0 Å². The number of carbonyl (C=O) groups excluding carboxylic acids is 1. The summed E-state index contributed by atoms with van der Waals surface area (Å²) >= 11 is 6.21. The fourth-order valence-electron chi connectivity index (χ4n) is 4.09. The molecule has 0 bridgehead atoms. The molecule has 3 aliphatic rings. The Hall–Kier alpha value is -2.11. The SMILES string of the molecule is O=C(C1CCC1)N1CC2=CC(O)(c3cc(Cl)cc4[nH]ncc34)C=C2C1. The standard InChI is InChI=1S/C19H18ClN3O2/c20-14-4-16(15-8-21-22-17(15)5-14)19(25)6-12-9-23(10-13(12)7-19)18(24)11-2-1-3-11/h4-8,11,25H,1-3,9-10H2,(H,21,22). The number of benzene rings is 1. The smallest absolute Gasteiger partial charge is 0.226 e. The third-order valence-corrected chi connectivity index (χ3v) is 5.86. The Kier molecular flexibility index (Phi) is 3.15. The van der Waals surface area contributed by atoms with E-state index in [2.05, 4.69) is 10.2 Å². The zero-order valence-corrected chi connectivity index (χ0v) is 14.4. The molecule has 0 radical (unpaired) electrons. The van der Waals surface area contributed by atoms with E-state index in [0.29, 0.717) is 18.1 Å². The summed E-state index contributed by atoms with van der Waals surface area (Å²) < 4.78 is 0. The summed E-state index contributed by atoms with van der Waals surface area (Å²) in [6.45, 7) is 1.16. The predicted octanol–water partition coefficient (Wildman–Crippen LogP) is 2.91. The maximum absolute atomic E-state index is 12.5. The van der Waals surface area contributed by atoms with Crippen LogP contribution in [0.5, 0.6) is 0 Å². The lowest BCUT2D eigenvalue weighted by Gasteiger charge is -2.29. The van der Waals surface area contributed by atoms with E-state index in [4.69, 9.17) is 11.6 Å². The molecule has 0 spiro atoms. The molecule has 1 aromatic heterocycles. The van der Waals surface area contributed by atoms with Gasteiger partial charge >= 0.3 is 0 Å². The molecule has 5 rings (SSSR count). The number of aromatic amines is 1. The van der Waals surface area contributed by atoms with Crippen molar-refractivity contribution in [3.05, 3.63) is 52.2 Å². The first kappa shape index (κ1) is 15.2. The maximum Gasteiger partial charge on any atom is 0.226 e.